The van der Waals surface area contributed by atoms with Crippen LogP contribution in [0.2, 0.25) is 0 Å². The number of phenols is 1. The molecule has 2 rings (SSSR count). The minimum absolute atomic E-state index is 0.0370. The van der Waals surface area contributed by atoms with E-state index in [1.165, 1.54) is 12.1 Å². The number of aromatic hydroxyl groups is 1. The maximum absolute atomic E-state index is 8.90. The van der Waals surface area contributed by atoms with E-state index in [9.17, 15) is 0 Å². The largest absolute Gasteiger partial charge is 0.506 e. The predicted molar refractivity (Wildman–Crippen MR) is 76.6 cm³/mol. The average molecular weight is 260 g/mol. The van der Waals surface area contributed by atoms with Gasteiger partial charge in [-0.1, -0.05) is 0 Å². The van der Waals surface area contributed by atoms with Crippen molar-refractivity contribution in [3.05, 3.63) is 42.2 Å². The standard InChI is InChI=1S/C7H8N2O.C6H8N2O/c1-10-5-2-3-6(8)7(9)4-5;7-4-1-2-5(8)6(9)3-4/h2-4,8-9H,1H3;1-3,9H,7-8H2. The number of rotatable bonds is 1. The number of anilines is 2. The molecule has 0 aromatic heterocycles. The Kier molecular flexibility index (Phi) is 4.70. The van der Waals surface area contributed by atoms with E-state index in [0.29, 0.717) is 17.1 Å². The molecule has 1 aliphatic carbocycles. The number of hydrogen-bond acceptors (Lipinski definition) is 6. The van der Waals surface area contributed by atoms with Gasteiger partial charge in [0.25, 0.3) is 0 Å². The van der Waals surface area contributed by atoms with E-state index in [2.05, 4.69) is 0 Å². The highest BCUT2D eigenvalue weighted by Crippen LogP contribution is 2.21. The van der Waals surface area contributed by atoms with E-state index in [1.807, 2.05) is 0 Å². The van der Waals surface area contributed by atoms with Crippen molar-refractivity contribution >= 4 is 22.8 Å². The lowest BCUT2D eigenvalue weighted by Crippen LogP contribution is -2.10. The van der Waals surface area contributed by atoms with Gasteiger partial charge in [0.1, 0.15) is 11.5 Å². The number of ether oxygens (including phenoxy) is 1. The molecule has 1 aromatic carbocycles. The third-order valence-electron chi connectivity index (χ3n) is 2.28. The molecule has 0 spiro atoms. The molecule has 7 N–H and O–H groups in total. The lowest BCUT2D eigenvalue weighted by Gasteiger charge is -2.05. The van der Waals surface area contributed by atoms with Crippen LogP contribution >= 0.6 is 0 Å². The van der Waals surface area contributed by atoms with E-state index in [-0.39, 0.29) is 17.2 Å². The van der Waals surface area contributed by atoms with Crippen LogP contribution in [-0.2, 0) is 4.74 Å². The average Bonchev–Trinajstić information content (AvgIpc) is 2.38. The highest BCUT2D eigenvalue weighted by molar-refractivity contribution is 6.48. The van der Waals surface area contributed by atoms with Crippen LogP contribution in [0, 0.1) is 10.8 Å². The van der Waals surface area contributed by atoms with Crippen molar-refractivity contribution in [3.63, 3.8) is 0 Å². The van der Waals surface area contributed by atoms with Crippen molar-refractivity contribution in [1.29, 1.82) is 10.8 Å². The molecule has 0 aliphatic heterocycles. The van der Waals surface area contributed by atoms with Gasteiger partial charge in [0, 0.05) is 17.8 Å². The fourth-order valence-corrected chi connectivity index (χ4v) is 1.21. The molecule has 100 valence electrons. The van der Waals surface area contributed by atoms with Crippen molar-refractivity contribution in [3.8, 4) is 5.75 Å². The first-order valence-corrected chi connectivity index (χ1v) is 5.39. The van der Waals surface area contributed by atoms with Crippen LogP contribution in [0.15, 0.2) is 42.2 Å². The second-order valence-electron chi connectivity index (χ2n) is 3.73. The lowest BCUT2D eigenvalue weighted by molar-refractivity contribution is 0.307. The molecule has 0 radical (unpaired) electrons. The minimum atomic E-state index is 0.0370. The molecular formula is C13H16N4O2. The molecule has 0 bridgehead atoms. The fourth-order valence-electron chi connectivity index (χ4n) is 1.21. The molecule has 1 aliphatic rings. The molecule has 1 aromatic rings. The molecule has 0 unspecified atom stereocenters. The molecule has 0 fully saturated rings. The molecule has 0 amide bonds. The van der Waals surface area contributed by atoms with Gasteiger partial charge >= 0.3 is 0 Å². The van der Waals surface area contributed by atoms with Gasteiger partial charge in [-0.25, -0.2) is 0 Å². The Bertz CT molecular complexity index is 562. The Hall–Kier alpha value is -2.76. The zero-order valence-corrected chi connectivity index (χ0v) is 10.5. The molecule has 19 heavy (non-hydrogen) atoms. The summed E-state index contributed by atoms with van der Waals surface area (Å²) >= 11 is 0. The van der Waals surface area contributed by atoms with Crippen LogP contribution in [0.25, 0.3) is 0 Å². The summed E-state index contributed by atoms with van der Waals surface area (Å²) in [7, 11) is 1.54. The number of nitrogens with two attached hydrogens (primary N) is 2. The first kappa shape index (κ1) is 14.3. The van der Waals surface area contributed by atoms with Gasteiger partial charge in [-0.3, -0.25) is 10.8 Å². The smallest absolute Gasteiger partial charge is 0.140 e. The van der Waals surface area contributed by atoms with E-state index in [1.54, 1.807) is 31.4 Å². The summed E-state index contributed by atoms with van der Waals surface area (Å²) < 4.78 is 4.85. The van der Waals surface area contributed by atoms with Crippen LogP contribution in [-0.4, -0.2) is 23.6 Å². The molecule has 0 saturated carbocycles. The summed E-state index contributed by atoms with van der Waals surface area (Å²) in [6.07, 6.45) is 4.73. The van der Waals surface area contributed by atoms with Crippen molar-refractivity contribution in [2.45, 2.75) is 0 Å². The van der Waals surface area contributed by atoms with Crippen molar-refractivity contribution < 1.29 is 9.84 Å². The summed E-state index contributed by atoms with van der Waals surface area (Å²) in [5, 5.41) is 23.2. The van der Waals surface area contributed by atoms with E-state index < -0.39 is 0 Å². The third kappa shape index (κ3) is 4.19. The highest BCUT2D eigenvalue weighted by Gasteiger charge is 2.05. The van der Waals surface area contributed by atoms with Gasteiger partial charge in [-0.15, -0.1) is 0 Å². The molecular weight excluding hydrogens is 244 g/mol. The highest BCUT2D eigenvalue weighted by atomic mass is 16.5. The fraction of sp³-hybridized carbons (Fsp3) is 0.0769. The third-order valence-corrected chi connectivity index (χ3v) is 2.28. The van der Waals surface area contributed by atoms with E-state index in [0.717, 1.165) is 0 Å². The van der Waals surface area contributed by atoms with Crippen LogP contribution in [0.1, 0.15) is 0 Å². The van der Waals surface area contributed by atoms with Crippen LogP contribution in [0.3, 0.4) is 0 Å². The number of benzene rings is 1. The summed E-state index contributed by atoms with van der Waals surface area (Å²) in [4.78, 5) is 0. The van der Waals surface area contributed by atoms with E-state index >= 15 is 0 Å². The Morgan fingerprint density at radius 3 is 2.26 bits per heavy atom. The number of allylic oxidation sites excluding steroid dienone is 3. The van der Waals surface area contributed by atoms with Gasteiger partial charge in [-0.05, 0) is 24.3 Å². The summed E-state index contributed by atoms with van der Waals surface area (Å²) in [5.41, 5.74) is 11.9. The molecule has 6 nitrogen and oxygen atoms in total. The number of hydrogen-bond donors (Lipinski definition) is 5. The van der Waals surface area contributed by atoms with Crippen LogP contribution in [0.4, 0.5) is 11.4 Å². The second-order valence-corrected chi connectivity index (χ2v) is 3.73. The van der Waals surface area contributed by atoms with Gasteiger partial charge in [0.2, 0.25) is 0 Å². The Labute approximate surface area is 111 Å². The molecule has 6 heteroatoms. The van der Waals surface area contributed by atoms with Gasteiger partial charge < -0.3 is 21.3 Å². The minimum Gasteiger partial charge on any atom is -0.506 e. The topological polar surface area (TPSA) is 129 Å². The summed E-state index contributed by atoms with van der Waals surface area (Å²) in [6, 6.07) is 4.61. The Morgan fingerprint density at radius 2 is 1.79 bits per heavy atom. The first-order valence-electron chi connectivity index (χ1n) is 5.39. The maximum atomic E-state index is 8.90. The zero-order valence-electron chi connectivity index (χ0n) is 10.5. The number of nitrogens with one attached hydrogen (secondary N) is 2. The summed E-state index contributed by atoms with van der Waals surface area (Å²) in [5.74, 6) is 0.663. The zero-order chi connectivity index (χ0) is 14.4. The lowest BCUT2D eigenvalue weighted by atomic mass is 10.1. The molecule has 0 heterocycles. The molecule has 0 atom stereocenters. The summed E-state index contributed by atoms with van der Waals surface area (Å²) in [6.45, 7) is 0. The molecule has 0 saturated heterocycles. The van der Waals surface area contributed by atoms with Gasteiger partial charge in [0.05, 0.1) is 24.2 Å². The Morgan fingerprint density at radius 1 is 1.11 bits per heavy atom. The van der Waals surface area contributed by atoms with Crippen LogP contribution < -0.4 is 11.5 Å². The predicted octanol–water partition coefficient (Wildman–Crippen LogP) is 1.68. The monoisotopic (exact) mass is 260 g/mol. The van der Waals surface area contributed by atoms with Crippen molar-refractivity contribution in [2.75, 3.05) is 18.6 Å². The van der Waals surface area contributed by atoms with Crippen molar-refractivity contribution in [2.24, 2.45) is 0 Å². The van der Waals surface area contributed by atoms with Crippen molar-refractivity contribution in [1.82, 2.24) is 0 Å². The Balaban J connectivity index is 0.000000191. The second kappa shape index (κ2) is 6.25. The quantitative estimate of drug-likeness (QED) is 0.299. The number of methoxy groups -OCH3 is 1. The number of nitrogen functional groups attached to an aromatic ring is 2. The van der Waals surface area contributed by atoms with Gasteiger partial charge in [0.15, 0.2) is 0 Å². The van der Waals surface area contributed by atoms with Crippen LogP contribution in [0.5, 0.6) is 5.75 Å². The maximum Gasteiger partial charge on any atom is 0.140 e. The number of phenolic OH excluding ortho intramolecular Hbond substituents is 1. The van der Waals surface area contributed by atoms with E-state index in [4.69, 9.17) is 32.1 Å². The van der Waals surface area contributed by atoms with Gasteiger partial charge in [-0.2, -0.15) is 0 Å². The normalized spacial score (nSPS) is 13.4. The SMILES string of the molecule is COC1=CC(=N)C(=N)C=C1.Nc1ccc(N)c(O)c1. The first-order chi connectivity index (χ1) is 8.93.